The number of nitrogens with one attached hydrogen (secondary N) is 1. The van der Waals surface area contributed by atoms with E-state index in [-0.39, 0.29) is 5.82 Å². The molecule has 2 aromatic carbocycles. The molecule has 0 aliphatic heterocycles. The predicted molar refractivity (Wildman–Crippen MR) is 83.0 cm³/mol. The molecule has 0 saturated carbocycles. The first-order valence-corrected chi connectivity index (χ1v) is 6.92. The Morgan fingerprint density at radius 1 is 1.10 bits per heavy atom. The van der Waals surface area contributed by atoms with Crippen LogP contribution in [0.4, 0.5) is 15.8 Å². The van der Waals surface area contributed by atoms with Gasteiger partial charge >= 0.3 is 0 Å². The molecule has 106 valence electrons. The Morgan fingerprint density at radius 3 is 2.40 bits per heavy atom. The molecule has 1 N–H and O–H groups in total. The van der Waals surface area contributed by atoms with Crippen LogP contribution in [0.25, 0.3) is 0 Å². The van der Waals surface area contributed by atoms with Crippen molar-refractivity contribution < 1.29 is 4.39 Å². The summed E-state index contributed by atoms with van der Waals surface area (Å²) in [4.78, 5) is 1.90. The van der Waals surface area contributed by atoms with Crippen LogP contribution in [-0.4, -0.2) is 14.1 Å². The molecular formula is C17H21FN2. The van der Waals surface area contributed by atoms with Crippen LogP contribution < -0.4 is 10.2 Å². The molecule has 20 heavy (non-hydrogen) atoms. The number of hydrogen-bond acceptors (Lipinski definition) is 2. The van der Waals surface area contributed by atoms with Crippen molar-refractivity contribution in [1.29, 1.82) is 0 Å². The molecule has 0 unspecified atom stereocenters. The largest absolute Gasteiger partial charge is 0.342 e. The van der Waals surface area contributed by atoms with Crippen LogP contribution >= 0.6 is 0 Å². The van der Waals surface area contributed by atoms with Gasteiger partial charge in [0.05, 0.1) is 5.69 Å². The van der Waals surface area contributed by atoms with Crippen LogP contribution in [0.5, 0.6) is 0 Å². The van der Waals surface area contributed by atoms with E-state index >= 15 is 0 Å². The lowest BCUT2D eigenvalue weighted by Gasteiger charge is -2.23. The molecule has 0 fully saturated rings. The summed E-state index contributed by atoms with van der Waals surface area (Å²) in [6.07, 6.45) is 1.01. The molecule has 2 aromatic rings. The number of halogens is 1. The maximum atomic E-state index is 14.2. The third-order valence-corrected chi connectivity index (χ3v) is 3.50. The number of benzene rings is 2. The van der Waals surface area contributed by atoms with Gasteiger partial charge in [0.25, 0.3) is 0 Å². The summed E-state index contributed by atoms with van der Waals surface area (Å²) in [5.41, 5.74) is 3.86. The van der Waals surface area contributed by atoms with Gasteiger partial charge in [-0.2, -0.15) is 0 Å². The lowest BCUT2D eigenvalue weighted by Crippen LogP contribution is -2.16. The Kier molecular flexibility index (Phi) is 4.74. The van der Waals surface area contributed by atoms with Gasteiger partial charge < -0.3 is 10.2 Å². The van der Waals surface area contributed by atoms with E-state index in [0.29, 0.717) is 12.2 Å². The van der Waals surface area contributed by atoms with Gasteiger partial charge in [-0.25, -0.2) is 4.39 Å². The highest BCUT2D eigenvalue weighted by atomic mass is 19.1. The Hall–Kier alpha value is -1.87. The van der Waals surface area contributed by atoms with E-state index in [1.165, 1.54) is 11.6 Å². The molecule has 3 heteroatoms. The quantitative estimate of drug-likeness (QED) is 0.888. The minimum absolute atomic E-state index is 0.195. The number of para-hydroxylation sites is 1. The van der Waals surface area contributed by atoms with Crippen LogP contribution in [-0.2, 0) is 13.0 Å². The summed E-state index contributed by atoms with van der Waals surface area (Å²) >= 11 is 0. The van der Waals surface area contributed by atoms with Crippen LogP contribution in [0.1, 0.15) is 18.1 Å². The third kappa shape index (κ3) is 2.99. The Balaban J connectivity index is 2.38. The van der Waals surface area contributed by atoms with E-state index in [1.54, 1.807) is 6.07 Å². The van der Waals surface area contributed by atoms with E-state index in [0.717, 1.165) is 17.7 Å². The van der Waals surface area contributed by atoms with Crippen molar-refractivity contribution in [2.45, 2.75) is 19.9 Å². The first kappa shape index (κ1) is 14.5. The highest BCUT2D eigenvalue weighted by Crippen LogP contribution is 2.30. The highest BCUT2D eigenvalue weighted by Gasteiger charge is 2.13. The van der Waals surface area contributed by atoms with E-state index < -0.39 is 0 Å². The summed E-state index contributed by atoms with van der Waals surface area (Å²) < 4.78 is 14.2. The van der Waals surface area contributed by atoms with Crippen molar-refractivity contribution in [3.63, 3.8) is 0 Å². The minimum atomic E-state index is -0.195. The van der Waals surface area contributed by atoms with E-state index in [4.69, 9.17) is 0 Å². The first-order chi connectivity index (χ1) is 9.67. The fourth-order valence-corrected chi connectivity index (χ4v) is 2.35. The Morgan fingerprint density at radius 2 is 1.80 bits per heavy atom. The average molecular weight is 272 g/mol. The number of aryl methyl sites for hydroxylation is 1. The molecule has 0 aliphatic carbocycles. The molecule has 0 radical (unpaired) electrons. The van der Waals surface area contributed by atoms with Crippen molar-refractivity contribution in [2.24, 2.45) is 0 Å². The van der Waals surface area contributed by atoms with Crippen LogP contribution in [0.2, 0.25) is 0 Å². The topological polar surface area (TPSA) is 15.3 Å². The maximum Gasteiger partial charge on any atom is 0.147 e. The summed E-state index contributed by atoms with van der Waals surface area (Å²) in [6, 6.07) is 13.5. The van der Waals surface area contributed by atoms with Gasteiger partial charge in [0.15, 0.2) is 0 Å². The van der Waals surface area contributed by atoms with Crippen LogP contribution in [0.15, 0.2) is 42.5 Å². The number of nitrogens with zero attached hydrogens (tertiary/aromatic N) is 1. The van der Waals surface area contributed by atoms with E-state index in [2.05, 4.69) is 24.4 Å². The van der Waals surface area contributed by atoms with Gasteiger partial charge in [-0.1, -0.05) is 31.2 Å². The van der Waals surface area contributed by atoms with Gasteiger partial charge in [0.2, 0.25) is 0 Å². The molecular weight excluding hydrogens is 251 g/mol. The third-order valence-electron chi connectivity index (χ3n) is 3.50. The van der Waals surface area contributed by atoms with Gasteiger partial charge in [-0.3, -0.25) is 0 Å². The zero-order valence-corrected chi connectivity index (χ0v) is 12.3. The van der Waals surface area contributed by atoms with Gasteiger partial charge in [-0.15, -0.1) is 0 Å². The normalized spacial score (nSPS) is 10.6. The van der Waals surface area contributed by atoms with Gasteiger partial charge in [-0.05, 0) is 42.8 Å². The second kappa shape index (κ2) is 6.53. The summed E-state index contributed by atoms with van der Waals surface area (Å²) in [6.45, 7) is 2.77. The fraction of sp³-hybridized carbons (Fsp3) is 0.294. The van der Waals surface area contributed by atoms with Crippen molar-refractivity contribution in [3.8, 4) is 0 Å². The zero-order valence-electron chi connectivity index (χ0n) is 12.3. The van der Waals surface area contributed by atoms with E-state index in [9.17, 15) is 4.39 Å². The molecule has 0 spiro atoms. The molecule has 0 atom stereocenters. The molecule has 0 aromatic heterocycles. The molecule has 0 aliphatic rings. The smallest absolute Gasteiger partial charge is 0.147 e. The number of hydrogen-bond donors (Lipinski definition) is 1. The second-order valence-electron chi connectivity index (χ2n) is 4.86. The number of anilines is 2. The molecule has 0 amide bonds. The Bertz CT molecular complexity index is 564. The predicted octanol–water partition coefficient (Wildman–Crippen LogP) is 3.88. The minimum Gasteiger partial charge on any atom is -0.342 e. The molecule has 0 bridgehead atoms. The van der Waals surface area contributed by atoms with Crippen LogP contribution in [0, 0.1) is 5.82 Å². The highest BCUT2D eigenvalue weighted by molar-refractivity contribution is 5.66. The maximum absolute atomic E-state index is 14.2. The summed E-state index contributed by atoms with van der Waals surface area (Å²) in [5.74, 6) is -0.195. The second-order valence-corrected chi connectivity index (χ2v) is 4.86. The van der Waals surface area contributed by atoms with Crippen molar-refractivity contribution >= 4 is 11.4 Å². The zero-order chi connectivity index (χ0) is 14.5. The summed E-state index contributed by atoms with van der Waals surface area (Å²) in [5, 5.41) is 3.08. The summed E-state index contributed by atoms with van der Waals surface area (Å²) in [7, 11) is 3.77. The molecule has 0 saturated heterocycles. The number of rotatable bonds is 5. The molecule has 2 nitrogen and oxygen atoms in total. The van der Waals surface area contributed by atoms with E-state index in [1.807, 2.05) is 37.2 Å². The SMILES string of the molecule is CCc1ccc(N(C)c2c(F)cccc2CNC)cc1. The molecule has 2 rings (SSSR count). The van der Waals surface area contributed by atoms with Crippen molar-refractivity contribution in [2.75, 3.05) is 19.0 Å². The van der Waals surface area contributed by atoms with Gasteiger partial charge in [0.1, 0.15) is 5.82 Å². The van der Waals surface area contributed by atoms with Crippen molar-refractivity contribution in [1.82, 2.24) is 5.32 Å². The lowest BCUT2D eigenvalue weighted by molar-refractivity contribution is 0.623. The molecule has 0 heterocycles. The van der Waals surface area contributed by atoms with Gasteiger partial charge in [0, 0.05) is 19.3 Å². The average Bonchev–Trinajstić information content (AvgIpc) is 2.47. The monoisotopic (exact) mass is 272 g/mol. The fourth-order valence-electron chi connectivity index (χ4n) is 2.35. The standard InChI is InChI=1S/C17H21FN2/c1-4-13-8-10-15(11-9-13)20(3)17-14(12-19-2)6-5-7-16(17)18/h5-11,19H,4,12H2,1-3H3. The lowest BCUT2D eigenvalue weighted by atomic mass is 10.1. The van der Waals surface area contributed by atoms with Crippen molar-refractivity contribution in [3.05, 3.63) is 59.4 Å². The Labute approximate surface area is 120 Å². The van der Waals surface area contributed by atoms with Crippen LogP contribution in [0.3, 0.4) is 0 Å². The first-order valence-electron chi connectivity index (χ1n) is 6.92.